The highest BCUT2D eigenvalue weighted by atomic mass is 35.5. The third-order valence-electron chi connectivity index (χ3n) is 4.31. The minimum absolute atomic E-state index is 0.0421. The van der Waals surface area contributed by atoms with Crippen LogP contribution in [0.5, 0.6) is 0 Å². The number of carbonyl (C=O) groups is 2. The van der Waals surface area contributed by atoms with Crippen molar-refractivity contribution in [2.45, 2.75) is 6.92 Å². The van der Waals surface area contributed by atoms with Crippen LogP contribution in [0.1, 0.15) is 21.5 Å². The molecule has 0 atom stereocenters. The first-order chi connectivity index (χ1) is 12.5. The van der Waals surface area contributed by atoms with Crippen LogP contribution in [-0.2, 0) is 4.79 Å². The van der Waals surface area contributed by atoms with E-state index in [0.717, 1.165) is 11.1 Å². The Balaban J connectivity index is 1.56. The number of benzene rings is 2. The molecule has 1 aliphatic rings. The first-order valence-electron chi connectivity index (χ1n) is 8.45. The van der Waals surface area contributed by atoms with Gasteiger partial charge in [0.05, 0.1) is 0 Å². The van der Waals surface area contributed by atoms with Gasteiger partial charge in [0.15, 0.2) is 0 Å². The third-order valence-corrected chi connectivity index (χ3v) is 4.56. The molecule has 1 heterocycles. The lowest BCUT2D eigenvalue weighted by atomic mass is 10.1. The van der Waals surface area contributed by atoms with Crippen molar-refractivity contribution in [1.82, 2.24) is 9.80 Å². The number of rotatable bonds is 1. The molecule has 0 bridgehead atoms. The van der Waals surface area contributed by atoms with Crippen LogP contribution in [0.25, 0.3) is 0 Å². The number of carbonyl (C=O) groups excluding carboxylic acids is 2. The third kappa shape index (κ3) is 4.44. The number of aryl methyl sites for hydroxylation is 1. The highest BCUT2D eigenvalue weighted by Gasteiger charge is 2.24. The standard InChI is InChI=1S/C21H19ClN2O2/c1-16-2-4-17(5-3-16)6-11-20(25)23-12-14-24(15-13-23)21(26)18-7-9-19(22)10-8-18/h2-5,7-10H,12-15H2,1H3. The first kappa shape index (κ1) is 18.0. The number of nitrogens with zero attached hydrogens (tertiary/aromatic N) is 2. The molecule has 2 aromatic carbocycles. The Morgan fingerprint density at radius 1 is 0.885 bits per heavy atom. The topological polar surface area (TPSA) is 40.6 Å². The van der Waals surface area contributed by atoms with E-state index in [1.807, 2.05) is 31.2 Å². The molecule has 0 radical (unpaired) electrons. The Bertz CT molecular complexity index is 856. The molecule has 0 unspecified atom stereocenters. The fourth-order valence-electron chi connectivity index (χ4n) is 2.73. The Morgan fingerprint density at radius 2 is 1.46 bits per heavy atom. The second-order valence-electron chi connectivity index (χ2n) is 6.21. The maximum Gasteiger partial charge on any atom is 0.298 e. The van der Waals surface area contributed by atoms with E-state index in [2.05, 4.69) is 11.8 Å². The summed E-state index contributed by atoms with van der Waals surface area (Å²) in [7, 11) is 0. The van der Waals surface area contributed by atoms with Crippen molar-refractivity contribution < 1.29 is 9.59 Å². The molecule has 5 heteroatoms. The number of piperazine rings is 1. The molecule has 0 spiro atoms. The molecule has 0 saturated carbocycles. The van der Waals surface area contributed by atoms with Crippen LogP contribution >= 0.6 is 11.6 Å². The lowest BCUT2D eigenvalue weighted by Gasteiger charge is -2.33. The van der Waals surface area contributed by atoms with Gasteiger partial charge < -0.3 is 9.80 Å². The van der Waals surface area contributed by atoms with E-state index in [1.165, 1.54) is 0 Å². The van der Waals surface area contributed by atoms with Gasteiger partial charge in [-0.1, -0.05) is 35.2 Å². The Labute approximate surface area is 158 Å². The molecule has 0 aliphatic carbocycles. The Morgan fingerprint density at radius 3 is 2.08 bits per heavy atom. The molecular formula is C21H19ClN2O2. The summed E-state index contributed by atoms with van der Waals surface area (Å²) < 4.78 is 0. The molecule has 4 nitrogen and oxygen atoms in total. The van der Waals surface area contributed by atoms with E-state index in [4.69, 9.17) is 11.6 Å². The molecule has 1 fully saturated rings. The van der Waals surface area contributed by atoms with Crippen LogP contribution in [-0.4, -0.2) is 47.8 Å². The molecule has 2 aromatic rings. The molecule has 1 saturated heterocycles. The number of amides is 2. The molecule has 0 aromatic heterocycles. The Hall–Kier alpha value is -2.77. The van der Waals surface area contributed by atoms with E-state index in [-0.39, 0.29) is 11.8 Å². The smallest absolute Gasteiger partial charge is 0.298 e. The van der Waals surface area contributed by atoms with Gasteiger partial charge in [-0.25, -0.2) is 0 Å². The summed E-state index contributed by atoms with van der Waals surface area (Å²) in [5, 5.41) is 0.601. The predicted octanol–water partition coefficient (Wildman–Crippen LogP) is 2.98. The number of hydrogen-bond acceptors (Lipinski definition) is 2. The maximum atomic E-state index is 12.5. The van der Waals surface area contributed by atoms with Gasteiger partial charge in [-0.15, -0.1) is 0 Å². The second kappa shape index (κ2) is 8.07. The summed E-state index contributed by atoms with van der Waals surface area (Å²) in [4.78, 5) is 28.2. The van der Waals surface area contributed by atoms with Crippen molar-refractivity contribution in [2.24, 2.45) is 0 Å². The quantitative estimate of drug-likeness (QED) is 0.728. The van der Waals surface area contributed by atoms with Gasteiger partial charge in [-0.3, -0.25) is 9.59 Å². The van der Waals surface area contributed by atoms with Crippen molar-refractivity contribution in [3.63, 3.8) is 0 Å². The predicted molar refractivity (Wildman–Crippen MR) is 102 cm³/mol. The molecule has 26 heavy (non-hydrogen) atoms. The zero-order valence-electron chi connectivity index (χ0n) is 14.5. The average Bonchev–Trinajstić information content (AvgIpc) is 2.67. The van der Waals surface area contributed by atoms with Crippen LogP contribution < -0.4 is 0 Å². The van der Waals surface area contributed by atoms with E-state index in [1.54, 1.807) is 34.1 Å². The molecule has 1 aliphatic heterocycles. The number of hydrogen-bond donors (Lipinski definition) is 0. The van der Waals surface area contributed by atoms with E-state index >= 15 is 0 Å². The second-order valence-corrected chi connectivity index (χ2v) is 6.64. The van der Waals surface area contributed by atoms with Crippen LogP contribution in [0.3, 0.4) is 0 Å². The molecule has 3 rings (SSSR count). The van der Waals surface area contributed by atoms with Gasteiger partial charge in [-0.05, 0) is 43.3 Å². The summed E-state index contributed by atoms with van der Waals surface area (Å²) in [5.41, 5.74) is 2.58. The monoisotopic (exact) mass is 366 g/mol. The van der Waals surface area contributed by atoms with Crippen molar-refractivity contribution in [1.29, 1.82) is 0 Å². The summed E-state index contributed by atoms with van der Waals surface area (Å²) in [6.07, 6.45) is 0. The fraction of sp³-hybridized carbons (Fsp3) is 0.238. The lowest BCUT2D eigenvalue weighted by molar-refractivity contribution is -0.126. The van der Waals surface area contributed by atoms with Crippen molar-refractivity contribution in [3.8, 4) is 11.8 Å². The van der Waals surface area contributed by atoms with Crippen LogP contribution in [0.2, 0.25) is 5.02 Å². The average molecular weight is 367 g/mol. The summed E-state index contributed by atoms with van der Waals surface area (Å²) in [5.74, 6) is 5.34. The molecule has 2 amide bonds. The number of halogens is 1. The molecule has 132 valence electrons. The van der Waals surface area contributed by atoms with Gasteiger partial charge in [0.1, 0.15) is 0 Å². The summed E-state index contributed by atoms with van der Waals surface area (Å²) in [6, 6.07) is 14.6. The highest BCUT2D eigenvalue weighted by Crippen LogP contribution is 2.13. The van der Waals surface area contributed by atoms with E-state index in [9.17, 15) is 9.59 Å². The SMILES string of the molecule is Cc1ccc(C#CC(=O)N2CCN(C(=O)c3ccc(Cl)cc3)CC2)cc1. The van der Waals surface area contributed by atoms with Crippen molar-refractivity contribution in [2.75, 3.05) is 26.2 Å². The summed E-state index contributed by atoms with van der Waals surface area (Å²) >= 11 is 5.86. The normalized spacial score (nSPS) is 13.8. The summed E-state index contributed by atoms with van der Waals surface area (Å²) in [6.45, 7) is 3.98. The highest BCUT2D eigenvalue weighted by molar-refractivity contribution is 6.30. The van der Waals surface area contributed by atoms with Crippen molar-refractivity contribution in [3.05, 3.63) is 70.2 Å². The minimum atomic E-state index is -0.204. The zero-order chi connectivity index (χ0) is 18.5. The van der Waals surface area contributed by atoms with Gasteiger partial charge in [0.25, 0.3) is 11.8 Å². The van der Waals surface area contributed by atoms with Gasteiger partial charge in [-0.2, -0.15) is 0 Å². The lowest BCUT2D eigenvalue weighted by Crippen LogP contribution is -2.50. The van der Waals surface area contributed by atoms with E-state index < -0.39 is 0 Å². The Kier molecular flexibility index (Phi) is 5.60. The van der Waals surface area contributed by atoms with Gasteiger partial charge in [0, 0.05) is 48.2 Å². The van der Waals surface area contributed by atoms with Crippen molar-refractivity contribution >= 4 is 23.4 Å². The van der Waals surface area contributed by atoms with E-state index in [0.29, 0.717) is 36.8 Å². The van der Waals surface area contributed by atoms with Gasteiger partial charge in [0.2, 0.25) is 0 Å². The fourth-order valence-corrected chi connectivity index (χ4v) is 2.86. The van der Waals surface area contributed by atoms with Crippen LogP contribution in [0, 0.1) is 18.8 Å². The maximum absolute atomic E-state index is 12.5. The first-order valence-corrected chi connectivity index (χ1v) is 8.83. The zero-order valence-corrected chi connectivity index (χ0v) is 15.3. The minimum Gasteiger partial charge on any atom is -0.335 e. The molecule has 0 N–H and O–H groups in total. The van der Waals surface area contributed by atoms with Crippen LogP contribution in [0.4, 0.5) is 0 Å². The van der Waals surface area contributed by atoms with Crippen LogP contribution in [0.15, 0.2) is 48.5 Å². The largest absolute Gasteiger partial charge is 0.335 e. The molecular weight excluding hydrogens is 348 g/mol. The van der Waals surface area contributed by atoms with Gasteiger partial charge >= 0.3 is 0 Å².